The number of rotatable bonds is 12. The summed E-state index contributed by atoms with van der Waals surface area (Å²) in [6.45, 7) is 10.3. The standard InChI is InChI=1S/C23H27BrN2O4S/c1-4-7-16-30-22-13-8-18(17-21(22)24)23(27)25-19-9-11-20(12-10-19)31(28,29)26(14-5-2)15-6-3/h5-6,8-13,17H,2-4,7,14-16H2,1H3,(H,25,27). The first-order chi connectivity index (χ1) is 14.8. The minimum Gasteiger partial charge on any atom is -0.492 e. The molecule has 0 radical (unpaired) electrons. The Balaban J connectivity index is 2.10. The van der Waals surface area contributed by atoms with Gasteiger partial charge in [-0.3, -0.25) is 4.79 Å². The van der Waals surface area contributed by atoms with Crippen LogP contribution in [0.5, 0.6) is 5.75 Å². The van der Waals surface area contributed by atoms with Crippen LogP contribution in [-0.4, -0.2) is 38.3 Å². The van der Waals surface area contributed by atoms with Crippen LogP contribution >= 0.6 is 15.9 Å². The summed E-state index contributed by atoms with van der Waals surface area (Å²) < 4.78 is 33.2. The highest BCUT2D eigenvalue weighted by molar-refractivity contribution is 9.10. The predicted molar refractivity (Wildman–Crippen MR) is 128 cm³/mol. The molecule has 0 heterocycles. The van der Waals surface area contributed by atoms with E-state index in [1.165, 1.54) is 28.6 Å². The van der Waals surface area contributed by atoms with Gasteiger partial charge in [0.25, 0.3) is 5.91 Å². The number of unbranched alkanes of at least 4 members (excludes halogenated alkanes) is 1. The Kier molecular flexibility index (Phi) is 9.48. The first-order valence-corrected chi connectivity index (χ1v) is 12.1. The molecule has 2 aromatic rings. The maximum atomic E-state index is 12.8. The van der Waals surface area contributed by atoms with E-state index in [4.69, 9.17) is 4.74 Å². The largest absolute Gasteiger partial charge is 0.492 e. The zero-order valence-corrected chi connectivity index (χ0v) is 19.9. The van der Waals surface area contributed by atoms with Gasteiger partial charge in [-0.1, -0.05) is 25.5 Å². The van der Waals surface area contributed by atoms with Crippen molar-refractivity contribution in [3.05, 3.63) is 77.8 Å². The van der Waals surface area contributed by atoms with Crippen LogP contribution in [0.4, 0.5) is 5.69 Å². The highest BCUT2D eigenvalue weighted by Crippen LogP contribution is 2.27. The maximum Gasteiger partial charge on any atom is 0.255 e. The van der Waals surface area contributed by atoms with Crippen LogP contribution in [0.2, 0.25) is 0 Å². The average molecular weight is 507 g/mol. The molecule has 0 aromatic heterocycles. The second kappa shape index (κ2) is 11.8. The number of carbonyl (C=O) groups excluding carboxylic acids is 1. The van der Waals surface area contributed by atoms with Gasteiger partial charge in [0.1, 0.15) is 5.75 Å². The molecule has 0 saturated carbocycles. The Labute approximate surface area is 192 Å². The molecule has 166 valence electrons. The third-order valence-corrected chi connectivity index (χ3v) is 6.83. The molecule has 8 heteroatoms. The molecule has 0 aliphatic carbocycles. The van der Waals surface area contributed by atoms with E-state index >= 15 is 0 Å². The van der Waals surface area contributed by atoms with E-state index in [-0.39, 0.29) is 23.9 Å². The van der Waals surface area contributed by atoms with Crippen LogP contribution in [0.1, 0.15) is 30.1 Å². The molecule has 1 amide bonds. The van der Waals surface area contributed by atoms with Gasteiger partial charge in [0.2, 0.25) is 10.0 Å². The lowest BCUT2D eigenvalue weighted by Crippen LogP contribution is -2.31. The Morgan fingerprint density at radius 3 is 2.32 bits per heavy atom. The topological polar surface area (TPSA) is 75.7 Å². The Hall–Kier alpha value is -2.42. The molecule has 0 fully saturated rings. The fourth-order valence-electron chi connectivity index (χ4n) is 2.71. The summed E-state index contributed by atoms with van der Waals surface area (Å²) in [4.78, 5) is 12.7. The molecule has 0 unspecified atom stereocenters. The summed E-state index contributed by atoms with van der Waals surface area (Å²) in [5.74, 6) is 0.375. The molecule has 0 aliphatic heterocycles. The Morgan fingerprint density at radius 2 is 1.77 bits per heavy atom. The van der Waals surface area contributed by atoms with E-state index in [1.54, 1.807) is 30.3 Å². The summed E-state index contributed by atoms with van der Waals surface area (Å²) in [6.07, 6.45) is 5.04. The third-order valence-electron chi connectivity index (χ3n) is 4.36. The zero-order valence-electron chi connectivity index (χ0n) is 17.5. The van der Waals surface area contributed by atoms with Crippen molar-refractivity contribution < 1.29 is 17.9 Å². The minimum absolute atomic E-state index is 0.130. The van der Waals surface area contributed by atoms with Crippen LogP contribution in [0.15, 0.2) is 77.1 Å². The first kappa shape index (κ1) is 24.8. The Bertz CT molecular complexity index is 1010. The van der Waals surface area contributed by atoms with Crippen LogP contribution in [0, 0.1) is 0 Å². The number of hydrogen-bond acceptors (Lipinski definition) is 4. The number of hydrogen-bond donors (Lipinski definition) is 1. The number of halogens is 1. The lowest BCUT2D eigenvalue weighted by molar-refractivity contribution is 0.102. The van der Waals surface area contributed by atoms with E-state index < -0.39 is 10.0 Å². The molecule has 0 saturated heterocycles. The molecule has 2 rings (SSSR count). The number of nitrogens with one attached hydrogen (secondary N) is 1. The number of benzene rings is 2. The maximum absolute atomic E-state index is 12.8. The number of amides is 1. The summed E-state index contributed by atoms with van der Waals surface area (Å²) in [7, 11) is -3.68. The molecule has 0 aliphatic rings. The molecular weight excluding hydrogens is 480 g/mol. The van der Waals surface area contributed by atoms with Gasteiger partial charge >= 0.3 is 0 Å². The second-order valence-corrected chi connectivity index (χ2v) is 9.52. The third kappa shape index (κ3) is 6.78. The van der Waals surface area contributed by atoms with Crippen LogP contribution in [-0.2, 0) is 10.0 Å². The number of ether oxygens (including phenoxy) is 1. The monoisotopic (exact) mass is 506 g/mol. The van der Waals surface area contributed by atoms with Gasteiger partial charge in [-0.2, -0.15) is 4.31 Å². The summed E-state index contributed by atoms with van der Waals surface area (Å²) in [5.41, 5.74) is 0.942. The van der Waals surface area contributed by atoms with E-state index in [2.05, 4.69) is 41.3 Å². The number of anilines is 1. The van der Waals surface area contributed by atoms with Crippen molar-refractivity contribution in [2.24, 2.45) is 0 Å². The summed E-state index contributed by atoms with van der Waals surface area (Å²) in [5, 5.41) is 2.77. The van der Waals surface area contributed by atoms with Crippen molar-refractivity contribution in [1.82, 2.24) is 4.31 Å². The normalized spacial score (nSPS) is 11.2. The van der Waals surface area contributed by atoms with Gasteiger partial charge in [-0.05, 0) is 64.8 Å². The molecule has 1 N–H and O–H groups in total. The van der Waals surface area contributed by atoms with Crippen LogP contribution in [0.3, 0.4) is 0 Å². The molecule has 0 spiro atoms. The quantitative estimate of drug-likeness (QED) is 0.315. The lowest BCUT2D eigenvalue weighted by Gasteiger charge is -2.19. The fourth-order valence-corrected chi connectivity index (χ4v) is 4.58. The number of nitrogens with zero attached hydrogens (tertiary/aromatic N) is 1. The van der Waals surface area contributed by atoms with Crippen molar-refractivity contribution in [2.75, 3.05) is 25.0 Å². The summed E-state index contributed by atoms with van der Waals surface area (Å²) >= 11 is 3.43. The van der Waals surface area contributed by atoms with Gasteiger partial charge in [0, 0.05) is 24.3 Å². The van der Waals surface area contributed by atoms with Crippen LogP contribution in [0.25, 0.3) is 0 Å². The van der Waals surface area contributed by atoms with Gasteiger partial charge in [-0.25, -0.2) is 8.42 Å². The van der Waals surface area contributed by atoms with E-state index in [9.17, 15) is 13.2 Å². The van der Waals surface area contributed by atoms with E-state index in [0.29, 0.717) is 28.1 Å². The highest BCUT2D eigenvalue weighted by atomic mass is 79.9. The smallest absolute Gasteiger partial charge is 0.255 e. The average Bonchev–Trinajstić information content (AvgIpc) is 2.75. The molecule has 0 bridgehead atoms. The van der Waals surface area contributed by atoms with Crippen molar-refractivity contribution in [1.29, 1.82) is 0 Å². The van der Waals surface area contributed by atoms with Gasteiger partial charge in [0.05, 0.1) is 16.0 Å². The second-order valence-electron chi connectivity index (χ2n) is 6.73. The van der Waals surface area contributed by atoms with Crippen molar-refractivity contribution in [2.45, 2.75) is 24.7 Å². The molecule has 6 nitrogen and oxygen atoms in total. The minimum atomic E-state index is -3.68. The van der Waals surface area contributed by atoms with Crippen molar-refractivity contribution in [3.8, 4) is 5.75 Å². The fraction of sp³-hybridized carbons (Fsp3) is 0.261. The molecule has 0 atom stereocenters. The lowest BCUT2D eigenvalue weighted by atomic mass is 10.2. The van der Waals surface area contributed by atoms with Crippen LogP contribution < -0.4 is 10.1 Å². The van der Waals surface area contributed by atoms with Gasteiger partial charge in [0.15, 0.2) is 0 Å². The molecule has 31 heavy (non-hydrogen) atoms. The van der Waals surface area contributed by atoms with Crippen molar-refractivity contribution >= 4 is 37.5 Å². The van der Waals surface area contributed by atoms with E-state index in [0.717, 1.165) is 12.8 Å². The highest BCUT2D eigenvalue weighted by Gasteiger charge is 2.22. The Morgan fingerprint density at radius 1 is 1.13 bits per heavy atom. The number of sulfonamides is 1. The first-order valence-electron chi connectivity index (χ1n) is 9.89. The van der Waals surface area contributed by atoms with E-state index in [1.807, 2.05) is 0 Å². The van der Waals surface area contributed by atoms with Gasteiger partial charge in [-0.15, -0.1) is 13.2 Å². The van der Waals surface area contributed by atoms with Gasteiger partial charge < -0.3 is 10.1 Å². The molecule has 2 aromatic carbocycles. The SMILES string of the molecule is C=CCN(CC=C)S(=O)(=O)c1ccc(NC(=O)c2ccc(OCCCC)c(Br)c2)cc1. The molecular formula is C23H27BrN2O4S. The van der Waals surface area contributed by atoms with Crippen molar-refractivity contribution in [3.63, 3.8) is 0 Å². The number of carbonyl (C=O) groups is 1. The zero-order chi connectivity index (χ0) is 22.9. The summed E-state index contributed by atoms with van der Waals surface area (Å²) in [6, 6.07) is 11.2. The predicted octanol–water partition coefficient (Wildman–Crippen LogP) is 5.24.